The van der Waals surface area contributed by atoms with Gasteiger partial charge in [0, 0.05) is 19.3 Å². The van der Waals surface area contributed by atoms with Gasteiger partial charge in [-0.1, -0.05) is 347 Å². The van der Waals surface area contributed by atoms with E-state index in [2.05, 4.69) is 45.1 Å². The predicted molar refractivity (Wildman–Crippen MR) is 335 cm³/mol. The number of rotatable bonds is 65. The molecule has 0 aromatic heterocycles. The molecule has 0 saturated carbocycles. The molecule has 0 rings (SSSR count). The van der Waals surface area contributed by atoms with Crippen LogP contribution in [0.2, 0.25) is 0 Å². The smallest absolute Gasteiger partial charge is 0.306 e. The molecule has 6 heteroatoms. The van der Waals surface area contributed by atoms with E-state index in [9.17, 15) is 14.4 Å². The summed E-state index contributed by atoms with van der Waals surface area (Å²) >= 11 is 0. The lowest BCUT2D eigenvalue weighted by molar-refractivity contribution is -0.167. The predicted octanol–water partition coefficient (Wildman–Crippen LogP) is 23.8. The van der Waals surface area contributed by atoms with Crippen molar-refractivity contribution in [3.8, 4) is 0 Å². The molecule has 0 spiro atoms. The van der Waals surface area contributed by atoms with Gasteiger partial charge >= 0.3 is 17.9 Å². The summed E-state index contributed by atoms with van der Waals surface area (Å²) in [6.07, 6.45) is 80.6. The fourth-order valence-corrected chi connectivity index (χ4v) is 10.7. The Kier molecular flexibility index (Phi) is 64.6. The molecule has 1 unspecified atom stereocenters. The first-order chi connectivity index (χ1) is 38.0. The van der Waals surface area contributed by atoms with Crippen molar-refractivity contribution >= 4 is 17.9 Å². The van der Waals surface area contributed by atoms with Gasteiger partial charge in [-0.25, -0.2) is 0 Å². The van der Waals surface area contributed by atoms with Gasteiger partial charge < -0.3 is 14.2 Å². The molecular formula is C71H134O6. The second kappa shape index (κ2) is 66.4. The first-order valence-electron chi connectivity index (χ1n) is 34.8. The number of hydrogen-bond donors (Lipinski definition) is 0. The molecule has 6 nitrogen and oxygen atoms in total. The summed E-state index contributed by atoms with van der Waals surface area (Å²) < 4.78 is 17.0. The van der Waals surface area contributed by atoms with Crippen LogP contribution in [0.1, 0.15) is 393 Å². The molecule has 0 amide bonds. The second-order valence-electron chi connectivity index (χ2n) is 23.8. The third kappa shape index (κ3) is 64.6. The molecule has 0 aliphatic heterocycles. The molecule has 0 aliphatic carbocycles. The summed E-state index contributed by atoms with van der Waals surface area (Å²) in [4.78, 5) is 38.4. The fourth-order valence-electron chi connectivity index (χ4n) is 10.7. The van der Waals surface area contributed by atoms with E-state index >= 15 is 0 Å². The van der Waals surface area contributed by atoms with Gasteiger partial charge in [0.1, 0.15) is 13.2 Å². The lowest BCUT2D eigenvalue weighted by Crippen LogP contribution is -2.30. The molecular weight excluding hydrogens is 949 g/mol. The Bertz CT molecular complexity index is 1240. The molecule has 454 valence electrons. The highest BCUT2D eigenvalue weighted by molar-refractivity contribution is 5.71. The van der Waals surface area contributed by atoms with E-state index in [-0.39, 0.29) is 31.1 Å². The summed E-state index contributed by atoms with van der Waals surface area (Å²) in [6.45, 7) is 6.70. The fraction of sp³-hybridized carbons (Fsp3) is 0.901. The Labute approximate surface area is 481 Å². The van der Waals surface area contributed by atoms with Crippen LogP contribution in [0.5, 0.6) is 0 Å². The first kappa shape index (κ1) is 74.9. The second-order valence-corrected chi connectivity index (χ2v) is 23.8. The molecule has 0 fully saturated rings. The summed E-state index contributed by atoms with van der Waals surface area (Å²) in [6, 6.07) is 0. The number of hydrogen-bond acceptors (Lipinski definition) is 6. The number of carbonyl (C=O) groups excluding carboxylic acids is 3. The molecule has 0 heterocycles. The van der Waals surface area contributed by atoms with Crippen molar-refractivity contribution in [2.45, 2.75) is 399 Å². The largest absolute Gasteiger partial charge is 0.462 e. The van der Waals surface area contributed by atoms with Gasteiger partial charge in [-0.15, -0.1) is 0 Å². The van der Waals surface area contributed by atoms with E-state index < -0.39 is 6.10 Å². The molecule has 0 N–H and O–H groups in total. The van der Waals surface area contributed by atoms with E-state index in [0.29, 0.717) is 19.3 Å². The van der Waals surface area contributed by atoms with Crippen LogP contribution in [-0.4, -0.2) is 37.2 Å². The maximum absolute atomic E-state index is 12.9. The van der Waals surface area contributed by atoms with Gasteiger partial charge in [0.15, 0.2) is 6.10 Å². The van der Waals surface area contributed by atoms with Gasteiger partial charge in [-0.3, -0.25) is 14.4 Å². The van der Waals surface area contributed by atoms with Gasteiger partial charge in [0.25, 0.3) is 0 Å². The van der Waals surface area contributed by atoms with Gasteiger partial charge in [-0.2, -0.15) is 0 Å². The zero-order valence-corrected chi connectivity index (χ0v) is 52.3. The van der Waals surface area contributed by atoms with Crippen LogP contribution in [0.25, 0.3) is 0 Å². The summed E-state index contributed by atoms with van der Waals surface area (Å²) in [5, 5.41) is 0. The average molecular weight is 1080 g/mol. The topological polar surface area (TPSA) is 78.9 Å². The third-order valence-electron chi connectivity index (χ3n) is 16.0. The number of ether oxygens (including phenoxy) is 3. The van der Waals surface area contributed by atoms with Gasteiger partial charge in [0.2, 0.25) is 0 Å². The van der Waals surface area contributed by atoms with Crippen LogP contribution >= 0.6 is 0 Å². The van der Waals surface area contributed by atoms with Crippen molar-refractivity contribution in [2.75, 3.05) is 13.2 Å². The first-order valence-corrected chi connectivity index (χ1v) is 34.8. The van der Waals surface area contributed by atoms with Crippen LogP contribution < -0.4 is 0 Å². The molecule has 0 aromatic rings. The highest BCUT2D eigenvalue weighted by atomic mass is 16.6. The van der Waals surface area contributed by atoms with Crippen LogP contribution in [-0.2, 0) is 28.6 Å². The lowest BCUT2D eigenvalue weighted by atomic mass is 10.0. The van der Waals surface area contributed by atoms with Crippen molar-refractivity contribution in [3.63, 3.8) is 0 Å². The maximum atomic E-state index is 12.9. The van der Waals surface area contributed by atoms with Crippen molar-refractivity contribution in [3.05, 3.63) is 24.3 Å². The molecule has 0 bridgehead atoms. The third-order valence-corrected chi connectivity index (χ3v) is 16.0. The lowest BCUT2D eigenvalue weighted by Gasteiger charge is -2.18. The van der Waals surface area contributed by atoms with Gasteiger partial charge in [0.05, 0.1) is 0 Å². The van der Waals surface area contributed by atoms with Crippen LogP contribution in [0.4, 0.5) is 0 Å². The molecule has 0 saturated heterocycles. The summed E-state index contributed by atoms with van der Waals surface area (Å²) in [7, 11) is 0. The van der Waals surface area contributed by atoms with Gasteiger partial charge in [-0.05, 0) is 51.4 Å². The van der Waals surface area contributed by atoms with Crippen LogP contribution in [0, 0.1) is 0 Å². The zero-order valence-electron chi connectivity index (χ0n) is 52.3. The van der Waals surface area contributed by atoms with E-state index in [1.165, 1.54) is 283 Å². The van der Waals surface area contributed by atoms with E-state index in [4.69, 9.17) is 14.2 Å². The van der Waals surface area contributed by atoms with Crippen molar-refractivity contribution < 1.29 is 28.6 Å². The SMILES string of the molecule is CCCCCC/C=C\C/C=C\CCCCCCCCCC(=O)OC(COC(=O)CCCCCCCCCCCCCCCCC)COC(=O)CCCCCCCCCCCCCCCCCCCCCCCCCCCC. The Morgan fingerprint density at radius 1 is 0.260 bits per heavy atom. The number of carbonyl (C=O) groups is 3. The Hall–Kier alpha value is -2.11. The number of esters is 3. The standard InChI is InChI=1S/C71H134O6/c1-4-7-10-13-16-19-22-25-28-30-32-33-34-35-36-37-38-39-41-43-46-49-52-55-58-61-64-70(73)76-67-68(66-75-69(72)63-60-57-54-51-48-45-42-27-24-21-18-15-12-9-6-3)77-71(74)65-62-59-56-53-50-47-44-40-31-29-26-23-20-17-14-11-8-5-2/h20,23,29,31,68H,4-19,21-22,24-28,30,32-67H2,1-3H3/b23-20-,31-29-. The molecule has 0 aromatic carbocycles. The van der Waals surface area contributed by atoms with Crippen LogP contribution in [0.15, 0.2) is 24.3 Å². The van der Waals surface area contributed by atoms with Crippen molar-refractivity contribution in [2.24, 2.45) is 0 Å². The quantitative estimate of drug-likeness (QED) is 0.0261. The highest BCUT2D eigenvalue weighted by Gasteiger charge is 2.19. The average Bonchev–Trinajstić information content (AvgIpc) is 3.43. The minimum Gasteiger partial charge on any atom is -0.462 e. The minimum atomic E-state index is -0.772. The highest BCUT2D eigenvalue weighted by Crippen LogP contribution is 2.19. The van der Waals surface area contributed by atoms with E-state index in [1.54, 1.807) is 0 Å². The van der Waals surface area contributed by atoms with Crippen LogP contribution in [0.3, 0.4) is 0 Å². The van der Waals surface area contributed by atoms with Crippen molar-refractivity contribution in [1.29, 1.82) is 0 Å². The Morgan fingerprint density at radius 3 is 0.727 bits per heavy atom. The Balaban J connectivity index is 4.23. The maximum Gasteiger partial charge on any atom is 0.306 e. The zero-order chi connectivity index (χ0) is 55.7. The monoisotopic (exact) mass is 1080 g/mol. The minimum absolute atomic E-state index is 0.0682. The Morgan fingerprint density at radius 2 is 0.468 bits per heavy atom. The van der Waals surface area contributed by atoms with E-state index in [1.807, 2.05) is 0 Å². The molecule has 0 aliphatic rings. The van der Waals surface area contributed by atoms with E-state index in [0.717, 1.165) is 70.6 Å². The normalized spacial score (nSPS) is 12.1. The summed E-state index contributed by atoms with van der Waals surface area (Å²) in [5.41, 5.74) is 0. The van der Waals surface area contributed by atoms with Crippen molar-refractivity contribution in [1.82, 2.24) is 0 Å². The molecule has 0 radical (unpaired) electrons. The summed E-state index contributed by atoms with van der Waals surface area (Å²) in [5.74, 6) is -0.844. The molecule has 77 heavy (non-hydrogen) atoms. The molecule has 1 atom stereocenters. The number of allylic oxidation sites excluding steroid dienone is 4. The number of unbranched alkanes of at least 4 members (excludes halogenated alkanes) is 50.